The van der Waals surface area contributed by atoms with Gasteiger partial charge in [0.05, 0.1) is 6.61 Å². The highest BCUT2D eigenvalue weighted by Gasteiger charge is 2.12. The van der Waals surface area contributed by atoms with Crippen molar-refractivity contribution >= 4 is 10.9 Å². The predicted molar refractivity (Wildman–Crippen MR) is 75.7 cm³/mol. The van der Waals surface area contributed by atoms with Crippen molar-refractivity contribution in [2.24, 2.45) is 7.05 Å². The van der Waals surface area contributed by atoms with Crippen molar-refractivity contribution in [1.29, 1.82) is 0 Å². The van der Waals surface area contributed by atoms with Crippen LogP contribution in [0.25, 0.3) is 10.9 Å². The summed E-state index contributed by atoms with van der Waals surface area (Å²) in [4.78, 5) is 0. The van der Waals surface area contributed by atoms with E-state index in [4.69, 9.17) is 0 Å². The molecule has 1 atom stereocenters. The van der Waals surface area contributed by atoms with Gasteiger partial charge in [-0.2, -0.15) is 0 Å². The van der Waals surface area contributed by atoms with E-state index in [1.165, 1.54) is 22.2 Å². The molecule has 1 unspecified atom stereocenters. The summed E-state index contributed by atoms with van der Waals surface area (Å²) in [6, 6.07) is 8.64. The topological polar surface area (TPSA) is 37.2 Å². The van der Waals surface area contributed by atoms with Gasteiger partial charge in [-0.25, -0.2) is 0 Å². The lowest BCUT2D eigenvalue weighted by Gasteiger charge is -2.15. The molecule has 0 saturated carbocycles. The molecule has 3 nitrogen and oxygen atoms in total. The van der Waals surface area contributed by atoms with Crippen molar-refractivity contribution in [3.63, 3.8) is 0 Å². The average Bonchev–Trinajstić information content (AvgIpc) is 2.65. The molecular formula is C15H22N2O. The minimum atomic E-state index is 0.183. The molecular weight excluding hydrogens is 224 g/mol. The predicted octanol–water partition coefficient (Wildman–Crippen LogP) is 2.35. The van der Waals surface area contributed by atoms with Gasteiger partial charge < -0.3 is 15.0 Å². The summed E-state index contributed by atoms with van der Waals surface area (Å²) in [5.74, 6) is 0. The Hall–Kier alpha value is -1.32. The molecule has 2 rings (SSSR count). The van der Waals surface area contributed by atoms with E-state index >= 15 is 0 Å². The summed E-state index contributed by atoms with van der Waals surface area (Å²) in [5, 5.41) is 13.9. The highest BCUT2D eigenvalue weighted by Crippen LogP contribution is 2.24. The number of aliphatic hydroxyl groups is 1. The number of rotatable bonds is 5. The molecule has 18 heavy (non-hydrogen) atoms. The van der Waals surface area contributed by atoms with Crippen molar-refractivity contribution in [3.8, 4) is 0 Å². The van der Waals surface area contributed by atoms with E-state index in [1.807, 2.05) is 0 Å². The highest BCUT2D eigenvalue weighted by atomic mass is 16.3. The zero-order chi connectivity index (χ0) is 13.1. The van der Waals surface area contributed by atoms with Crippen LogP contribution in [0.5, 0.6) is 0 Å². The summed E-state index contributed by atoms with van der Waals surface area (Å²) in [7, 11) is 2.10. The van der Waals surface area contributed by atoms with E-state index in [2.05, 4.69) is 55.0 Å². The minimum absolute atomic E-state index is 0.183. The quantitative estimate of drug-likeness (QED) is 0.849. The van der Waals surface area contributed by atoms with Gasteiger partial charge in [-0.15, -0.1) is 0 Å². The summed E-state index contributed by atoms with van der Waals surface area (Å²) in [5.41, 5.74) is 3.89. The van der Waals surface area contributed by atoms with E-state index in [1.54, 1.807) is 0 Å². The Kier molecular flexibility index (Phi) is 4.04. The molecule has 1 aromatic carbocycles. The Labute approximate surface area is 108 Å². The monoisotopic (exact) mass is 246 g/mol. The maximum absolute atomic E-state index is 9.21. The molecule has 1 heterocycles. The molecule has 0 spiro atoms. The lowest BCUT2D eigenvalue weighted by atomic mass is 10.1. The van der Waals surface area contributed by atoms with Gasteiger partial charge in [0.1, 0.15) is 0 Å². The van der Waals surface area contributed by atoms with Crippen molar-refractivity contribution < 1.29 is 5.11 Å². The number of hydrogen-bond acceptors (Lipinski definition) is 2. The molecule has 0 aliphatic carbocycles. The van der Waals surface area contributed by atoms with Crippen LogP contribution in [-0.4, -0.2) is 22.3 Å². The fraction of sp³-hybridized carbons (Fsp3) is 0.467. The summed E-state index contributed by atoms with van der Waals surface area (Å²) < 4.78 is 2.24. The number of nitrogens with zero attached hydrogens (tertiary/aromatic N) is 1. The molecule has 0 aliphatic rings. The highest BCUT2D eigenvalue weighted by molar-refractivity contribution is 5.85. The number of aryl methyl sites for hydroxylation is 2. The molecule has 0 aliphatic heterocycles. The number of benzene rings is 1. The first-order valence-electron chi connectivity index (χ1n) is 6.56. The molecule has 0 bridgehead atoms. The van der Waals surface area contributed by atoms with Crippen LogP contribution < -0.4 is 5.32 Å². The zero-order valence-corrected chi connectivity index (χ0v) is 11.4. The van der Waals surface area contributed by atoms with Crippen molar-refractivity contribution in [2.45, 2.75) is 32.9 Å². The van der Waals surface area contributed by atoms with Gasteiger partial charge >= 0.3 is 0 Å². The molecule has 0 saturated heterocycles. The van der Waals surface area contributed by atoms with E-state index in [9.17, 15) is 5.11 Å². The third-order valence-corrected chi connectivity index (χ3v) is 3.78. The molecule has 0 amide bonds. The Morgan fingerprint density at radius 1 is 1.33 bits per heavy atom. The Morgan fingerprint density at radius 2 is 2.06 bits per heavy atom. The number of nitrogens with one attached hydrogen (secondary N) is 1. The number of para-hydroxylation sites is 1. The first-order valence-corrected chi connectivity index (χ1v) is 6.56. The van der Waals surface area contributed by atoms with Gasteiger partial charge in [-0.3, -0.25) is 0 Å². The second kappa shape index (κ2) is 5.55. The van der Waals surface area contributed by atoms with Crippen molar-refractivity contribution in [1.82, 2.24) is 9.88 Å². The zero-order valence-electron chi connectivity index (χ0n) is 11.4. The van der Waals surface area contributed by atoms with Gasteiger partial charge in [0.25, 0.3) is 0 Å². The van der Waals surface area contributed by atoms with Gasteiger partial charge in [0, 0.05) is 36.2 Å². The maximum atomic E-state index is 9.21. The van der Waals surface area contributed by atoms with Crippen molar-refractivity contribution in [3.05, 3.63) is 35.5 Å². The largest absolute Gasteiger partial charge is 0.395 e. The summed E-state index contributed by atoms with van der Waals surface area (Å²) in [6.07, 6.45) is 0.944. The SMILES string of the molecule is CCC(CO)NCc1c(C)c2ccccc2n1C. The lowest BCUT2D eigenvalue weighted by Crippen LogP contribution is -2.32. The normalized spacial score (nSPS) is 13.1. The molecule has 2 N–H and O–H groups in total. The minimum Gasteiger partial charge on any atom is -0.395 e. The van der Waals surface area contributed by atoms with Gasteiger partial charge in [-0.05, 0) is 25.0 Å². The Bertz CT molecular complexity index is 488. The van der Waals surface area contributed by atoms with Gasteiger partial charge in [0.2, 0.25) is 0 Å². The molecule has 98 valence electrons. The summed E-state index contributed by atoms with van der Waals surface area (Å²) >= 11 is 0. The van der Waals surface area contributed by atoms with E-state index in [0.717, 1.165) is 13.0 Å². The Balaban J connectivity index is 2.28. The fourth-order valence-electron chi connectivity index (χ4n) is 2.47. The second-order valence-corrected chi connectivity index (χ2v) is 4.82. The number of fused-ring (bicyclic) bond motifs is 1. The fourth-order valence-corrected chi connectivity index (χ4v) is 2.47. The van der Waals surface area contributed by atoms with Crippen LogP contribution >= 0.6 is 0 Å². The van der Waals surface area contributed by atoms with Crippen LogP contribution in [0.4, 0.5) is 0 Å². The molecule has 0 radical (unpaired) electrons. The van der Waals surface area contributed by atoms with Crippen LogP contribution in [0.3, 0.4) is 0 Å². The summed E-state index contributed by atoms with van der Waals surface area (Å²) in [6.45, 7) is 5.25. The number of aliphatic hydroxyl groups excluding tert-OH is 1. The van der Waals surface area contributed by atoms with Gasteiger partial charge in [-0.1, -0.05) is 25.1 Å². The van der Waals surface area contributed by atoms with Crippen LogP contribution in [0.15, 0.2) is 24.3 Å². The molecule has 1 aromatic heterocycles. The maximum Gasteiger partial charge on any atom is 0.0584 e. The van der Waals surface area contributed by atoms with E-state index < -0.39 is 0 Å². The molecule has 0 fully saturated rings. The second-order valence-electron chi connectivity index (χ2n) is 4.82. The van der Waals surface area contributed by atoms with E-state index in [-0.39, 0.29) is 12.6 Å². The number of aromatic nitrogens is 1. The van der Waals surface area contributed by atoms with Crippen LogP contribution in [-0.2, 0) is 13.6 Å². The van der Waals surface area contributed by atoms with Crippen LogP contribution in [0.2, 0.25) is 0 Å². The third kappa shape index (κ3) is 2.28. The lowest BCUT2D eigenvalue weighted by molar-refractivity contribution is 0.237. The van der Waals surface area contributed by atoms with E-state index in [0.29, 0.717) is 0 Å². The first-order chi connectivity index (χ1) is 8.69. The van der Waals surface area contributed by atoms with Crippen molar-refractivity contribution in [2.75, 3.05) is 6.61 Å². The van der Waals surface area contributed by atoms with Crippen LogP contribution in [0.1, 0.15) is 24.6 Å². The smallest absolute Gasteiger partial charge is 0.0584 e. The third-order valence-electron chi connectivity index (χ3n) is 3.78. The molecule has 3 heteroatoms. The standard InChI is InChI=1S/C15H22N2O/c1-4-12(10-18)16-9-15-11(2)13-7-5-6-8-14(13)17(15)3/h5-8,12,16,18H,4,9-10H2,1-3H3. The Morgan fingerprint density at radius 3 is 2.67 bits per heavy atom. The number of hydrogen-bond donors (Lipinski definition) is 2. The average molecular weight is 246 g/mol. The first kappa shape index (κ1) is 13.1. The molecule has 2 aromatic rings. The van der Waals surface area contributed by atoms with Gasteiger partial charge in [0.15, 0.2) is 0 Å². The van der Waals surface area contributed by atoms with Crippen LogP contribution in [0, 0.1) is 6.92 Å².